The predicted octanol–water partition coefficient (Wildman–Crippen LogP) is 2.64. The quantitative estimate of drug-likeness (QED) is 0.792. The molecule has 5 nitrogen and oxygen atoms in total. The van der Waals surface area contributed by atoms with Crippen molar-refractivity contribution in [2.45, 2.75) is 52.0 Å². The van der Waals surface area contributed by atoms with Gasteiger partial charge in [0.05, 0.1) is 0 Å². The van der Waals surface area contributed by atoms with Crippen molar-refractivity contribution in [1.29, 1.82) is 0 Å². The maximum atomic E-state index is 11.6. The van der Waals surface area contributed by atoms with E-state index in [9.17, 15) is 4.79 Å². The highest BCUT2D eigenvalue weighted by molar-refractivity contribution is 6.30. The van der Waals surface area contributed by atoms with Crippen molar-refractivity contribution in [3.05, 3.63) is 16.5 Å². The Bertz CT molecular complexity index is 500. The molecule has 0 saturated heterocycles. The van der Waals surface area contributed by atoms with Crippen LogP contribution in [0.15, 0.2) is 0 Å². The van der Waals surface area contributed by atoms with E-state index in [2.05, 4.69) is 20.6 Å². The summed E-state index contributed by atoms with van der Waals surface area (Å²) in [6, 6.07) is 0.166. The molecule has 1 heterocycles. The molecular weight excluding hydrogens is 276 g/mol. The molecule has 0 spiro atoms. The normalized spacial score (nSPS) is 14.4. The largest absolute Gasteiger partial charge is 0.369 e. The number of carbonyl (C=O) groups excluding carboxylic acids is 1. The number of anilines is 1. The van der Waals surface area contributed by atoms with Gasteiger partial charge in [-0.2, -0.15) is 0 Å². The van der Waals surface area contributed by atoms with E-state index in [0.29, 0.717) is 24.0 Å². The molecule has 110 valence electrons. The number of rotatable bonds is 6. The molecule has 0 aliphatic heterocycles. The van der Waals surface area contributed by atoms with Gasteiger partial charge in [0.25, 0.3) is 0 Å². The van der Waals surface area contributed by atoms with Crippen molar-refractivity contribution in [3.63, 3.8) is 0 Å². The molecule has 2 rings (SSSR count). The molecule has 0 radical (unpaired) electrons. The molecule has 6 heteroatoms. The number of halogens is 1. The Balaban J connectivity index is 1.93. The summed E-state index contributed by atoms with van der Waals surface area (Å²) in [6.45, 7) is 6.32. The van der Waals surface area contributed by atoms with Crippen LogP contribution in [0.2, 0.25) is 5.15 Å². The van der Waals surface area contributed by atoms with Gasteiger partial charge >= 0.3 is 0 Å². The van der Waals surface area contributed by atoms with Crippen LogP contribution in [0.5, 0.6) is 0 Å². The standard InChI is InChI=1S/C14H21ClN4O/c1-8(2)17-11(20)6-7-16-13-9(3)12(15)18-14(19-13)10-4-5-10/h8,10H,4-7H2,1-3H3,(H,17,20)(H,16,18,19). The molecule has 1 fully saturated rings. The smallest absolute Gasteiger partial charge is 0.221 e. The summed E-state index contributed by atoms with van der Waals surface area (Å²) in [5, 5.41) is 6.54. The van der Waals surface area contributed by atoms with Gasteiger partial charge in [0.2, 0.25) is 5.91 Å². The van der Waals surface area contributed by atoms with E-state index >= 15 is 0 Å². The van der Waals surface area contributed by atoms with E-state index in [1.807, 2.05) is 20.8 Å². The number of hydrogen-bond donors (Lipinski definition) is 2. The van der Waals surface area contributed by atoms with Crippen LogP contribution >= 0.6 is 11.6 Å². The molecule has 1 aromatic heterocycles. The third-order valence-corrected chi connectivity index (χ3v) is 3.51. The average Bonchev–Trinajstić information content (AvgIpc) is 3.17. The molecule has 1 amide bonds. The molecular formula is C14H21ClN4O. The van der Waals surface area contributed by atoms with Crippen LogP contribution in [-0.4, -0.2) is 28.5 Å². The second-order valence-electron chi connectivity index (χ2n) is 5.52. The Hall–Kier alpha value is -1.36. The Morgan fingerprint density at radius 3 is 2.70 bits per heavy atom. The van der Waals surface area contributed by atoms with Gasteiger partial charge in [-0.1, -0.05) is 11.6 Å². The second-order valence-corrected chi connectivity index (χ2v) is 5.88. The van der Waals surface area contributed by atoms with E-state index in [4.69, 9.17) is 11.6 Å². The summed E-state index contributed by atoms with van der Waals surface area (Å²) in [6.07, 6.45) is 2.68. The number of aromatic nitrogens is 2. The van der Waals surface area contributed by atoms with E-state index in [-0.39, 0.29) is 11.9 Å². The van der Waals surface area contributed by atoms with Crippen molar-refractivity contribution < 1.29 is 4.79 Å². The van der Waals surface area contributed by atoms with Crippen LogP contribution in [0.3, 0.4) is 0 Å². The highest BCUT2D eigenvalue weighted by Crippen LogP contribution is 2.39. The fourth-order valence-corrected chi connectivity index (χ4v) is 2.07. The fourth-order valence-electron chi connectivity index (χ4n) is 1.89. The Morgan fingerprint density at radius 1 is 1.40 bits per heavy atom. The lowest BCUT2D eigenvalue weighted by Crippen LogP contribution is -2.31. The molecule has 0 unspecified atom stereocenters. The molecule has 1 aliphatic rings. The monoisotopic (exact) mass is 296 g/mol. The highest BCUT2D eigenvalue weighted by Gasteiger charge is 2.27. The molecule has 1 saturated carbocycles. The Labute approximate surface area is 124 Å². The summed E-state index contributed by atoms with van der Waals surface area (Å²) >= 11 is 6.13. The minimum Gasteiger partial charge on any atom is -0.369 e. The summed E-state index contributed by atoms with van der Waals surface area (Å²) in [4.78, 5) is 20.4. The van der Waals surface area contributed by atoms with E-state index in [1.165, 1.54) is 0 Å². The summed E-state index contributed by atoms with van der Waals surface area (Å²) in [5.41, 5.74) is 0.834. The third-order valence-electron chi connectivity index (χ3n) is 3.14. The number of hydrogen-bond acceptors (Lipinski definition) is 4. The van der Waals surface area contributed by atoms with Crippen LogP contribution in [-0.2, 0) is 4.79 Å². The Morgan fingerprint density at radius 2 is 2.10 bits per heavy atom. The molecule has 20 heavy (non-hydrogen) atoms. The number of amides is 1. The van der Waals surface area contributed by atoms with E-state index < -0.39 is 0 Å². The maximum absolute atomic E-state index is 11.6. The van der Waals surface area contributed by atoms with Crippen LogP contribution in [0.1, 0.15) is 50.4 Å². The SMILES string of the molecule is Cc1c(Cl)nc(C2CC2)nc1NCCC(=O)NC(C)C. The van der Waals surface area contributed by atoms with Crippen LogP contribution in [0.25, 0.3) is 0 Å². The van der Waals surface area contributed by atoms with Crippen molar-refractivity contribution in [3.8, 4) is 0 Å². The lowest BCUT2D eigenvalue weighted by molar-refractivity contribution is -0.121. The zero-order valence-corrected chi connectivity index (χ0v) is 12.9. The Kier molecular flexibility index (Phi) is 4.81. The van der Waals surface area contributed by atoms with Gasteiger partial charge in [-0.05, 0) is 33.6 Å². The number of carbonyl (C=O) groups is 1. The first-order valence-electron chi connectivity index (χ1n) is 7.04. The van der Waals surface area contributed by atoms with Gasteiger partial charge in [-0.25, -0.2) is 9.97 Å². The van der Waals surface area contributed by atoms with E-state index in [0.717, 1.165) is 30.0 Å². The van der Waals surface area contributed by atoms with Gasteiger partial charge in [0, 0.05) is 30.5 Å². The van der Waals surface area contributed by atoms with Gasteiger partial charge in [-0.15, -0.1) is 0 Å². The first kappa shape index (κ1) is 15.0. The van der Waals surface area contributed by atoms with Gasteiger partial charge in [0.1, 0.15) is 16.8 Å². The van der Waals surface area contributed by atoms with Crippen molar-refractivity contribution >= 4 is 23.3 Å². The summed E-state index contributed by atoms with van der Waals surface area (Å²) in [5.74, 6) is 2.05. The first-order chi connectivity index (χ1) is 9.47. The second kappa shape index (κ2) is 6.39. The lowest BCUT2D eigenvalue weighted by atomic mass is 10.3. The molecule has 0 aromatic carbocycles. The maximum Gasteiger partial charge on any atom is 0.221 e. The van der Waals surface area contributed by atoms with Crippen molar-refractivity contribution in [2.75, 3.05) is 11.9 Å². The zero-order chi connectivity index (χ0) is 14.7. The third kappa shape index (κ3) is 4.07. The fraction of sp³-hybridized carbons (Fsp3) is 0.643. The summed E-state index contributed by atoms with van der Waals surface area (Å²) in [7, 11) is 0. The minimum atomic E-state index is 0.0349. The highest BCUT2D eigenvalue weighted by atomic mass is 35.5. The summed E-state index contributed by atoms with van der Waals surface area (Å²) < 4.78 is 0. The topological polar surface area (TPSA) is 66.9 Å². The predicted molar refractivity (Wildman–Crippen MR) is 80.1 cm³/mol. The molecule has 0 atom stereocenters. The minimum absolute atomic E-state index is 0.0349. The molecule has 0 bridgehead atoms. The molecule has 1 aliphatic carbocycles. The average molecular weight is 297 g/mol. The first-order valence-corrected chi connectivity index (χ1v) is 7.42. The molecule has 2 N–H and O–H groups in total. The molecule has 1 aromatic rings. The lowest BCUT2D eigenvalue weighted by Gasteiger charge is -2.12. The van der Waals surface area contributed by atoms with Gasteiger partial charge < -0.3 is 10.6 Å². The van der Waals surface area contributed by atoms with E-state index in [1.54, 1.807) is 0 Å². The zero-order valence-electron chi connectivity index (χ0n) is 12.2. The number of nitrogens with zero attached hydrogens (tertiary/aromatic N) is 2. The van der Waals surface area contributed by atoms with Crippen molar-refractivity contribution in [2.24, 2.45) is 0 Å². The van der Waals surface area contributed by atoms with Crippen LogP contribution in [0, 0.1) is 6.92 Å². The van der Waals surface area contributed by atoms with Gasteiger partial charge in [-0.3, -0.25) is 4.79 Å². The van der Waals surface area contributed by atoms with Crippen LogP contribution < -0.4 is 10.6 Å². The van der Waals surface area contributed by atoms with Crippen LogP contribution in [0.4, 0.5) is 5.82 Å². The van der Waals surface area contributed by atoms with Crippen molar-refractivity contribution in [1.82, 2.24) is 15.3 Å². The number of nitrogens with one attached hydrogen (secondary N) is 2. The van der Waals surface area contributed by atoms with Gasteiger partial charge in [0.15, 0.2) is 0 Å².